The first-order valence-electron chi connectivity index (χ1n) is 13.1. The van der Waals surface area contributed by atoms with Crippen LogP contribution in [0.2, 0.25) is 0 Å². The summed E-state index contributed by atoms with van der Waals surface area (Å²) in [6, 6.07) is 5.57. The van der Waals surface area contributed by atoms with Gasteiger partial charge < -0.3 is 10.6 Å². The van der Waals surface area contributed by atoms with Gasteiger partial charge in [-0.1, -0.05) is 0 Å². The Bertz CT molecular complexity index is 1230. The van der Waals surface area contributed by atoms with Gasteiger partial charge in [0.05, 0.1) is 23.6 Å². The highest BCUT2D eigenvalue weighted by Crippen LogP contribution is 2.54. The van der Waals surface area contributed by atoms with E-state index >= 15 is 0 Å². The molecule has 35 heavy (non-hydrogen) atoms. The number of hydrogen-bond acceptors (Lipinski definition) is 5. The van der Waals surface area contributed by atoms with Crippen LogP contribution in [0, 0.1) is 23.7 Å². The molecule has 2 atom stereocenters. The molecule has 9 nitrogen and oxygen atoms in total. The van der Waals surface area contributed by atoms with Crippen LogP contribution in [0.1, 0.15) is 73.4 Å². The van der Waals surface area contributed by atoms with Gasteiger partial charge in [0.1, 0.15) is 5.69 Å². The van der Waals surface area contributed by atoms with Crippen LogP contribution in [0.3, 0.4) is 0 Å². The molecule has 2 amide bonds. The van der Waals surface area contributed by atoms with Gasteiger partial charge in [0.15, 0.2) is 5.65 Å². The van der Waals surface area contributed by atoms with E-state index in [4.69, 9.17) is 10.1 Å². The summed E-state index contributed by atoms with van der Waals surface area (Å²) < 4.78 is 3.55. The predicted molar refractivity (Wildman–Crippen MR) is 129 cm³/mol. The number of rotatable bonds is 9. The Kier molecular flexibility index (Phi) is 5.78. The summed E-state index contributed by atoms with van der Waals surface area (Å²) in [5, 5.41) is 15.4. The van der Waals surface area contributed by atoms with Crippen molar-refractivity contribution in [3.8, 4) is 0 Å². The second-order valence-electron chi connectivity index (χ2n) is 10.4. The lowest BCUT2D eigenvalue weighted by Crippen LogP contribution is -2.37. The van der Waals surface area contributed by atoms with Crippen LogP contribution >= 0.6 is 0 Å². The molecule has 2 N–H and O–H groups in total. The van der Waals surface area contributed by atoms with Crippen LogP contribution in [0.25, 0.3) is 5.65 Å². The Labute approximate surface area is 204 Å². The third-order valence-electron chi connectivity index (χ3n) is 7.82. The maximum atomic E-state index is 13.3. The summed E-state index contributed by atoms with van der Waals surface area (Å²) in [5.41, 5.74) is 3.10. The van der Waals surface area contributed by atoms with Crippen molar-refractivity contribution in [2.75, 3.05) is 6.54 Å². The fraction of sp³-hybridized carbons (Fsp3) is 0.577. The van der Waals surface area contributed by atoms with E-state index in [0.717, 1.165) is 36.4 Å². The molecule has 0 radical (unpaired) electrons. The molecule has 0 spiro atoms. The van der Waals surface area contributed by atoms with Gasteiger partial charge in [-0.3, -0.25) is 14.3 Å². The summed E-state index contributed by atoms with van der Waals surface area (Å²) in [6.45, 7) is 3.40. The van der Waals surface area contributed by atoms with Crippen molar-refractivity contribution in [1.29, 1.82) is 0 Å². The number of hydrogen-bond donors (Lipinski definition) is 2. The zero-order valence-corrected chi connectivity index (χ0v) is 20.2. The second kappa shape index (κ2) is 9.09. The van der Waals surface area contributed by atoms with Gasteiger partial charge in [-0.05, 0) is 81.4 Å². The number of amides is 2. The molecule has 3 aliphatic rings. The van der Waals surface area contributed by atoms with Crippen molar-refractivity contribution < 1.29 is 9.59 Å². The quantitative estimate of drug-likeness (QED) is 0.495. The van der Waals surface area contributed by atoms with Gasteiger partial charge in [-0.25, -0.2) is 9.50 Å². The summed E-state index contributed by atoms with van der Waals surface area (Å²) in [4.78, 5) is 30.5. The van der Waals surface area contributed by atoms with E-state index in [2.05, 4.69) is 15.7 Å². The largest absolute Gasteiger partial charge is 0.356 e. The number of piperidine rings is 1. The van der Waals surface area contributed by atoms with E-state index in [0.29, 0.717) is 36.4 Å². The maximum Gasteiger partial charge on any atom is 0.270 e. The van der Waals surface area contributed by atoms with Crippen LogP contribution in [0.4, 0.5) is 0 Å². The molecule has 2 saturated carbocycles. The minimum atomic E-state index is -0.156. The molecule has 3 fully saturated rings. The Hall–Kier alpha value is -3.23. The van der Waals surface area contributed by atoms with Crippen molar-refractivity contribution in [2.24, 2.45) is 23.7 Å². The number of nitrogens with zero attached hydrogens (tertiary/aromatic N) is 5. The second-order valence-corrected chi connectivity index (χ2v) is 10.4. The lowest BCUT2D eigenvalue weighted by molar-refractivity contribution is -0.126. The summed E-state index contributed by atoms with van der Waals surface area (Å²) in [7, 11) is 0. The third-order valence-corrected chi connectivity index (χ3v) is 7.82. The molecule has 3 aromatic heterocycles. The SMILES string of the molecule is CCn1nccc1C(=O)NC(c1cn2nc(C[C@H]3CCCNC3=O)ccc2n1)C(C1CC1)C1CC1. The first-order valence-corrected chi connectivity index (χ1v) is 13.1. The van der Waals surface area contributed by atoms with Crippen LogP contribution in [-0.2, 0) is 17.8 Å². The topological polar surface area (TPSA) is 106 Å². The Morgan fingerprint density at radius 1 is 1.17 bits per heavy atom. The van der Waals surface area contributed by atoms with Crippen molar-refractivity contribution >= 4 is 17.5 Å². The molecule has 0 aromatic carbocycles. The van der Waals surface area contributed by atoms with Crippen LogP contribution in [0.5, 0.6) is 0 Å². The Balaban J connectivity index is 1.29. The fourth-order valence-corrected chi connectivity index (χ4v) is 5.73. The number of aryl methyl sites for hydroxylation is 1. The van der Waals surface area contributed by atoms with Gasteiger partial charge in [0, 0.05) is 31.6 Å². The molecule has 4 heterocycles. The van der Waals surface area contributed by atoms with Crippen molar-refractivity contribution in [3.05, 3.63) is 47.7 Å². The number of aromatic nitrogens is 5. The molecule has 184 valence electrons. The molecular weight excluding hydrogens is 442 g/mol. The highest BCUT2D eigenvalue weighted by atomic mass is 16.2. The normalized spacial score (nSPS) is 21.3. The van der Waals surface area contributed by atoms with E-state index in [-0.39, 0.29) is 23.8 Å². The number of nitrogens with one attached hydrogen (secondary N) is 2. The average molecular weight is 476 g/mol. The number of carbonyl (C=O) groups excluding carboxylic acids is 2. The fourth-order valence-electron chi connectivity index (χ4n) is 5.73. The standard InChI is InChI=1S/C26H33N7O2/c1-2-32-21(11-13-28-32)26(35)30-24(23(16-5-6-16)17-7-8-17)20-15-33-22(29-20)10-9-19(31-33)14-18-4-3-12-27-25(18)34/h9-11,13,15-18,23-24H,2-8,12,14H2,1H3,(H,27,34)(H,30,35)/t18-,24?/m1/s1. The van der Waals surface area contributed by atoms with Gasteiger partial charge in [-0.15, -0.1) is 0 Å². The van der Waals surface area contributed by atoms with E-state index in [1.165, 1.54) is 25.7 Å². The number of fused-ring (bicyclic) bond motifs is 1. The number of carbonyl (C=O) groups is 2. The van der Waals surface area contributed by atoms with Crippen LogP contribution < -0.4 is 10.6 Å². The zero-order valence-electron chi connectivity index (χ0n) is 20.2. The lowest BCUT2D eigenvalue weighted by Gasteiger charge is -2.27. The molecule has 3 aromatic rings. The van der Waals surface area contributed by atoms with Crippen molar-refractivity contribution in [2.45, 2.75) is 64.5 Å². The highest BCUT2D eigenvalue weighted by Gasteiger charge is 2.47. The molecule has 1 aliphatic heterocycles. The smallest absolute Gasteiger partial charge is 0.270 e. The van der Waals surface area contributed by atoms with Gasteiger partial charge in [0.25, 0.3) is 5.91 Å². The molecule has 9 heteroatoms. The van der Waals surface area contributed by atoms with Gasteiger partial charge >= 0.3 is 0 Å². The summed E-state index contributed by atoms with van der Waals surface area (Å²) in [6.07, 6.45) is 11.1. The van der Waals surface area contributed by atoms with Crippen LogP contribution in [0.15, 0.2) is 30.6 Å². The predicted octanol–water partition coefficient (Wildman–Crippen LogP) is 2.92. The van der Waals surface area contributed by atoms with E-state index in [1.54, 1.807) is 16.9 Å². The molecule has 2 aliphatic carbocycles. The first kappa shape index (κ1) is 22.2. The van der Waals surface area contributed by atoms with E-state index in [9.17, 15) is 9.59 Å². The minimum absolute atomic E-state index is 0.0266. The Morgan fingerprint density at radius 3 is 2.69 bits per heavy atom. The summed E-state index contributed by atoms with van der Waals surface area (Å²) in [5.74, 6) is 1.67. The number of imidazole rings is 1. The van der Waals surface area contributed by atoms with E-state index < -0.39 is 0 Å². The maximum absolute atomic E-state index is 13.3. The van der Waals surface area contributed by atoms with Crippen molar-refractivity contribution in [1.82, 2.24) is 35.0 Å². The molecule has 1 unspecified atom stereocenters. The Morgan fingerprint density at radius 2 is 1.97 bits per heavy atom. The monoisotopic (exact) mass is 475 g/mol. The highest BCUT2D eigenvalue weighted by molar-refractivity contribution is 5.92. The third kappa shape index (κ3) is 4.56. The van der Waals surface area contributed by atoms with Gasteiger partial charge in [-0.2, -0.15) is 10.2 Å². The lowest BCUT2D eigenvalue weighted by atomic mass is 9.87. The molecule has 0 bridgehead atoms. The van der Waals surface area contributed by atoms with Gasteiger partial charge in [0.2, 0.25) is 5.91 Å². The first-order chi connectivity index (χ1) is 17.1. The van der Waals surface area contributed by atoms with E-state index in [1.807, 2.05) is 29.8 Å². The van der Waals surface area contributed by atoms with Crippen molar-refractivity contribution in [3.63, 3.8) is 0 Å². The minimum Gasteiger partial charge on any atom is -0.356 e. The molecule has 6 rings (SSSR count). The summed E-state index contributed by atoms with van der Waals surface area (Å²) >= 11 is 0. The zero-order chi connectivity index (χ0) is 23.9. The molecule has 1 saturated heterocycles. The molecular formula is C26H33N7O2. The van der Waals surface area contributed by atoms with Crippen LogP contribution in [-0.4, -0.2) is 42.7 Å². The average Bonchev–Trinajstić information content (AvgIpc) is 3.79.